The quantitative estimate of drug-likeness (QED) is 0.893. The number of carbonyl (C=O) groups is 1. The van der Waals surface area contributed by atoms with Crippen molar-refractivity contribution >= 4 is 23.3 Å². The number of hydrogen-bond acceptors (Lipinski definition) is 2. The molecule has 1 unspecified atom stereocenters. The molecule has 0 heterocycles. The number of hydrogen-bond donors (Lipinski definition) is 2. The Morgan fingerprint density at radius 3 is 2.26 bits per heavy atom. The lowest BCUT2D eigenvalue weighted by molar-refractivity contribution is -0.142. The molecular formula is C15H14ClNO2. The minimum atomic E-state index is -1.28. The van der Waals surface area contributed by atoms with Gasteiger partial charge in [0.15, 0.2) is 5.54 Å². The second-order valence-corrected chi connectivity index (χ2v) is 4.81. The average Bonchev–Trinajstić information content (AvgIpc) is 2.40. The fraction of sp³-hybridized carbons (Fsp3) is 0.133. The Bertz CT molecular complexity index is 586. The van der Waals surface area contributed by atoms with Crippen LogP contribution in [0.15, 0.2) is 54.6 Å². The van der Waals surface area contributed by atoms with Crippen LogP contribution in [0, 0.1) is 0 Å². The third kappa shape index (κ3) is 2.71. The molecule has 0 amide bonds. The lowest BCUT2D eigenvalue weighted by Crippen LogP contribution is -2.40. The summed E-state index contributed by atoms with van der Waals surface area (Å²) in [6.45, 7) is 1.60. The van der Waals surface area contributed by atoms with Gasteiger partial charge in [-0.05, 0) is 25.1 Å². The number of carboxylic acids is 1. The van der Waals surface area contributed by atoms with Crippen LogP contribution in [0.25, 0.3) is 0 Å². The Hall–Kier alpha value is -2.00. The van der Waals surface area contributed by atoms with Gasteiger partial charge in [0.2, 0.25) is 0 Å². The highest BCUT2D eigenvalue weighted by Crippen LogP contribution is 2.31. The van der Waals surface area contributed by atoms with Crippen LogP contribution in [0.2, 0.25) is 5.02 Å². The molecule has 0 radical (unpaired) electrons. The van der Waals surface area contributed by atoms with Crippen LogP contribution in [0.4, 0.5) is 5.69 Å². The van der Waals surface area contributed by atoms with E-state index in [4.69, 9.17) is 11.6 Å². The maximum absolute atomic E-state index is 11.7. The summed E-state index contributed by atoms with van der Waals surface area (Å²) in [5, 5.41) is 13.0. The molecule has 2 N–H and O–H groups in total. The third-order valence-corrected chi connectivity index (χ3v) is 3.34. The lowest BCUT2D eigenvalue weighted by Gasteiger charge is -2.28. The van der Waals surface area contributed by atoms with E-state index in [2.05, 4.69) is 5.32 Å². The van der Waals surface area contributed by atoms with E-state index >= 15 is 0 Å². The van der Waals surface area contributed by atoms with Gasteiger partial charge in [-0.25, -0.2) is 4.79 Å². The summed E-state index contributed by atoms with van der Waals surface area (Å²) in [7, 11) is 0. The molecule has 0 aliphatic carbocycles. The number of aliphatic carboxylic acids is 1. The monoisotopic (exact) mass is 275 g/mol. The van der Waals surface area contributed by atoms with Gasteiger partial charge in [-0.1, -0.05) is 48.0 Å². The molecule has 2 rings (SSSR count). The van der Waals surface area contributed by atoms with Gasteiger partial charge in [0.05, 0.1) is 0 Å². The highest BCUT2D eigenvalue weighted by molar-refractivity contribution is 6.31. The standard InChI is InChI=1S/C15H14ClNO2/c1-15(14(18)19,12-9-5-6-10-13(12)16)17-11-7-3-2-4-8-11/h2-10,17H,1H3,(H,18,19). The molecule has 0 bridgehead atoms. The molecule has 2 aromatic carbocycles. The first-order valence-corrected chi connectivity index (χ1v) is 6.23. The number of nitrogens with one attached hydrogen (secondary N) is 1. The van der Waals surface area contributed by atoms with Crippen molar-refractivity contribution in [1.29, 1.82) is 0 Å². The zero-order valence-electron chi connectivity index (χ0n) is 10.4. The molecule has 0 aliphatic heterocycles. The van der Waals surface area contributed by atoms with Gasteiger partial charge >= 0.3 is 5.97 Å². The molecular weight excluding hydrogens is 262 g/mol. The highest BCUT2D eigenvalue weighted by atomic mass is 35.5. The van der Waals surface area contributed by atoms with Crippen molar-refractivity contribution in [1.82, 2.24) is 0 Å². The number of benzene rings is 2. The van der Waals surface area contributed by atoms with Crippen LogP contribution in [0.3, 0.4) is 0 Å². The van der Waals surface area contributed by atoms with Gasteiger partial charge in [0, 0.05) is 16.3 Å². The first-order chi connectivity index (χ1) is 9.04. The smallest absolute Gasteiger partial charge is 0.333 e. The topological polar surface area (TPSA) is 49.3 Å². The van der Waals surface area contributed by atoms with E-state index in [1.807, 2.05) is 30.3 Å². The van der Waals surface area contributed by atoms with Crippen LogP contribution in [0.1, 0.15) is 12.5 Å². The Labute approximate surface area is 116 Å². The molecule has 4 heteroatoms. The first-order valence-electron chi connectivity index (χ1n) is 5.85. The molecule has 19 heavy (non-hydrogen) atoms. The molecule has 0 aliphatic rings. The largest absolute Gasteiger partial charge is 0.479 e. The van der Waals surface area contributed by atoms with E-state index in [9.17, 15) is 9.90 Å². The van der Waals surface area contributed by atoms with Crippen LogP contribution in [0.5, 0.6) is 0 Å². The van der Waals surface area contributed by atoms with E-state index in [-0.39, 0.29) is 0 Å². The van der Waals surface area contributed by atoms with Crippen molar-refractivity contribution in [2.75, 3.05) is 5.32 Å². The third-order valence-electron chi connectivity index (χ3n) is 3.01. The maximum Gasteiger partial charge on any atom is 0.333 e. The van der Waals surface area contributed by atoms with Crippen molar-refractivity contribution in [3.63, 3.8) is 0 Å². The van der Waals surface area contributed by atoms with Crippen molar-refractivity contribution < 1.29 is 9.90 Å². The Kier molecular flexibility index (Phi) is 3.76. The molecule has 0 spiro atoms. The van der Waals surface area contributed by atoms with Gasteiger partial charge in [-0.15, -0.1) is 0 Å². The molecule has 0 saturated carbocycles. The predicted octanol–water partition coefficient (Wildman–Crippen LogP) is 3.75. The zero-order valence-corrected chi connectivity index (χ0v) is 11.2. The van der Waals surface area contributed by atoms with Gasteiger partial charge in [0.25, 0.3) is 0 Å². The molecule has 2 aromatic rings. The van der Waals surface area contributed by atoms with E-state index < -0.39 is 11.5 Å². The molecule has 98 valence electrons. The second-order valence-electron chi connectivity index (χ2n) is 4.40. The zero-order chi connectivity index (χ0) is 13.9. The number of rotatable bonds is 4. The summed E-state index contributed by atoms with van der Waals surface area (Å²) in [5.74, 6) is -0.982. The normalized spacial score (nSPS) is 13.6. The average molecular weight is 276 g/mol. The van der Waals surface area contributed by atoms with E-state index in [1.165, 1.54) is 0 Å². The minimum absolute atomic E-state index is 0.427. The van der Waals surface area contributed by atoms with Crippen molar-refractivity contribution in [2.24, 2.45) is 0 Å². The molecule has 3 nitrogen and oxygen atoms in total. The molecule has 0 saturated heterocycles. The predicted molar refractivity (Wildman–Crippen MR) is 76.5 cm³/mol. The van der Waals surface area contributed by atoms with Gasteiger partial charge < -0.3 is 10.4 Å². The summed E-state index contributed by atoms with van der Waals surface area (Å²) in [5.41, 5.74) is -0.0139. The minimum Gasteiger partial charge on any atom is -0.479 e. The Morgan fingerprint density at radius 2 is 1.68 bits per heavy atom. The van der Waals surface area contributed by atoms with Gasteiger partial charge in [0.1, 0.15) is 0 Å². The van der Waals surface area contributed by atoms with E-state index in [1.54, 1.807) is 31.2 Å². The second kappa shape index (κ2) is 5.33. The van der Waals surface area contributed by atoms with Crippen LogP contribution in [-0.2, 0) is 10.3 Å². The number of carboxylic acid groups (broad SMARTS) is 1. The molecule has 1 atom stereocenters. The number of halogens is 1. The van der Waals surface area contributed by atoms with Crippen molar-refractivity contribution in [3.05, 3.63) is 65.2 Å². The summed E-state index contributed by atoms with van der Waals surface area (Å²) < 4.78 is 0. The highest BCUT2D eigenvalue weighted by Gasteiger charge is 2.36. The van der Waals surface area contributed by atoms with Crippen molar-refractivity contribution in [3.8, 4) is 0 Å². The fourth-order valence-electron chi connectivity index (χ4n) is 1.91. The maximum atomic E-state index is 11.7. The molecule has 0 fully saturated rings. The Morgan fingerprint density at radius 1 is 1.11 bits per heavy atom. The summed E-state index contributed by atoms with van der Waals surface area (Å²) in [6.07, 6.45) is 0. The van der Waals surface area contributed by atoms with Gasteiger partial charge in [-0.3, -0.25) is 0 Å². The summed E-state index contributed by atoms with van der Waals surface area (Å²) in [6, 6.07) is 16.1. The number of para-hydroxylation sites is 1. The van der Waals surface area contributed by atoms with Crippen LogP contribution in [-0.4, -0.2) is 11.1 Å². The van der Waals surface area contributed by atoms with Crippen LogP contribution < -0.4 is 5.32 Å². The fourth-order valence-corrected chi connectivity index (χ4v) is 2.24. The van der Waals surface area contributed by atoms with Crippen LogP contribution >= 0.6 is 11.6 Å². The SMILES string of the molecule is CC(Nc1ccccc1)(C(=O)O)c1ccccc1Cl. The Balaban J connectivity index is 2.45. The molecule has 0 aromatic heterocycles. The lowest BCUT2D eigenvalue weighted by atomic mass is 9.91. The van der Waals surface area contributed by atoms with Crippen molar-refractivity contribution in [2.45, 2.75) is 12.5 Å². The van der Waals surface area contributed by atoms with Gasteiger partial charge in [-0.2, -0.15) is 0 Å². The first kappa shape index (κ1) is 13.4. The van der Waals surface area contributed by atoms with E-state index in [0.29, 0.717) is 10.6 Å². The summed E-state index contributed by atoms with van der Waals surface area (Å²) in [4.78, 5) is 11.7. The summed E-state index contributed by atoms with van der Waals surface area (Å²) >= 11 is 6.12. The number of anilines is 1. The van der Waals surface area contributed by atoms with E-state index in [0.717, 1.165) is 5.69 Å².